The molecule has 0 bridgehead atoms. The summed E-state index contributed by atoms with van der Waals surface area (Å²) < 4.78 is 27.3. The molecule has 0 aliphatic rings. The smallest absolute Gasteiger partial charge is 0.336 e. The molecule has 0 aliphatic carbocycles. The van der Waals surface area contributed by atoms with Gasteiger partial charge in [0, 0.05) is 5.38 Å². The van der Waals surface area contributed by atoms with E-state index in [1.807, 2.05) is 0 Å². The van der Waals surface area contributed by atoms with E-state index in [9.17, 15) is 18.0 Å². The molecule has 0 aliphatic heterocycles. The van der Waals surface area contributed by atoms with Crippen LogP contribution in [-0.2, 0) is 10.0 Å². The first kappa shape index (κ1) is 14.8. The summed E-state index contributed by atoms with van der Waals surface area (Å²) in [6, 6.07) is 5.76. The average molecular weight is 356 g/mol. The van der Waals surface area contributed by atoms with Crippen LogP contribution in [0.25, 0.3) is 10.2 Å². The van der Waals surface area contributed by atoms with Gasteiger partial charge in [-0.2, -0.15) is 0 Å². The lowest BCUT2D eigenvalue weighted by Gasteiger charge is -2.05. The van der Waals surface area contributed by atoms with Gasteiger partial charge in [0.25, 0.3) is 10.0 Å². The molecule has 2 heterocycles. The summed E-state index contributed by atoms with van der Waals surface area (Å²) in [5.74, 6) is -1.18. The second kappa shape index (κ2) is 5.23. The molecule has 0 unspecified atom stereocenters. The molecule has 3 rings (SSSR count). The van der Waals surface area contributed by atoms with Gasteiger partial charge in [-0.3, -0.25) is 9.52 Å². The Balaban J connectivity index is 1.94. The Morgan fingerprint density at radius 3 is 2.73 bits per heavy atom. The number of nitrogens with one attached hydrogen (secondary N) is 2. The lowest BCUT2D eigenvalue weighted by atomic mass is 10.3. The molecule has 114 valence electrons. The summed E-state index contributed by atoms with van der Waals surface area (Å²) in [5, 5.41) is 10.1. The highest BCUT2D eigenvalue weighted by Gasteiger charge is 2.19. The molecule has 22 heavy (non-hydrogen) atoms. The largest absolute Gasteiger partial charge is 0.478 e. The lowest BCUT2D eigenvalue weighted by Crippen LogP contribution is -2.11. The Bertz CT molecular complexity index is 1030. The summed E-state index contributed by atoms with van der Waals surface area (Å²) >= 11 is 1.80. The van der Waals surface area contributed by atoms with Crippen molar-refractivity contribution in [1.29, 1.82) is 0 Å². The predicted molar refractivity (Wildman–Crippen MR) is 84.5 cm³/mol. The lowest BCUT2D eigenvalue weighted by molar-refractivity contribution is 0.0697. The zero-order chi connectivity index (χ0) is 15.9. The van der Waals surface area contributed by atoms with Crippen molar-refractivity contribution in [3.8, 4) is 0 Å². The molecule has 2 aromatic heterocycles. The fourth-order valence-electron chi connectivity index (χ4n) is 1.78. The highest BCUT2D eigenvalue weighted by atomic mass is 32.2. The van der Waals surface area contributed by atoms with Crippen LogP contribution in [-0.4, -0.2) is 24.5 Å². The molecule has 0 saturated carbocycles. The van der Waals surface area contributed by atoms with Gasteiger partial charge in [0.2, 0.25) is 0 Å². The fraction of sp³-hybridized carbons (Fsp3) is 0. The maximum atomic E-state index is 12.2. The number of thiazole rings is 1. The zero-order valence-corrected chi connectivity index (χ0v) is 13.1. The Kier molecular flexibility index (Phi) is 3.51. The maximum Gasteiger partial charge on any atom is 0.336 e. The van der Waals surface area contributed by atoms with Crippen molar-refractivity contribution < 1.29 is 18.3 Å². The molecule has 10 heteroatoms. The number of carbonyl (C=O) groups is 1. The van der Waals surface area contributed by atoms with Crippen molar-refractivity contribution in [3.63, 3.8) is 0 Å². The van der Waals surface area contributed by atoms with Crippen LogP contribution in [0.4, 0.5) is 5.69 Å². The van der Waals surface area contributed by atoms with Crippen LogP contribution < -0.4 is 9.60 Å². The second-order valence-electron chi connectivity index (χ2n) is 4.29. The number of fused-ring (bicyclic) bond motifs is 1. The Labute approximate surface area is 131 Å². The number of rotatable bonds is 4. The van der Waals surface area contributed by atoms with Crippen LogP contribution in [0.1, 0.15) is 10.4 Å². The summed E-state index contributed by atoms with van der Waals surface area (Å²) in [6.45, 7) is 0. The van der Waals surface area contributed by atoms with Crippen LogP contribution in [0, 0.1) is 0 Å². The third-order valence-corrected chi connectivity index (χ3v) is 6.43. The van der Waals surface area contributed by atoms with E-state index in [-0.39, 0.29) is 14.6 Å². The van der Waals surface area contributed by atoms with E-state index in [1.54, 1.807) is 12.1 Å². The predicted octanol–water partition coefficient (Wildman–Crippen LogP) is 2.15. The number of sulfonamides is 1. The molecule has 0 amide bonds. The number of aromatic carboxylic acids is 1. The zero-order valence-electron chi connectivity index (χ0n) is 10.7. The summed E-state index contributed by atoms with van der Waals surface area (Å²) in [4.78, 5) is 24.4. The number of carboxylic acid groups (broad SMARTS) is 1. The second-order valence-corrected chi connectivity index (χ2v) is 8.13. The minimum Gasteiger partial charge on any atom is -0.478 e. The minimum absolute atomic E-state index is 0.0790. The number of aromatic nitrogens is 1. The van der Waals surface area contributed by atoms with Crippen LogP contribution in [0.15, 0.2) is 38.6 Å². The van der Waals surface area contributed by atoms with Gasteiger partial charge in [0.15, 0.2) is 0 Å². The first-order valence-electron chi connectivity index (χ1n) is 5.83. The Morgan fingerprint density at radius 2 is 2.05 bits per heavy atom. The van der Waals surface area contributed by atoms with Gasteiger partial charge in [0.1, 0.15) is 4.21 Å². The van der Waals surface area contributed by atoms with Crippen molar-refractivity contribution in [2.24, 2.45) is 0 Å². The molecule has 0 radical (unpaired) electrons. The highest BCUT2D eigenvalue weighted by Crippen LogP contribution is 2.25. The number of hydrogen-bond acceptors (Lipinski definition) is 6. The van der Waals surface area contributed by atoms with Gasteiger partial charge in [-0.25, -0.2) is 13.2 Å². The van der Waals surface area contributed by atoms with Gasteiger partial charge in [-0.15, -0.1) is 11.3 Å². The van der Waals surface area contributed by atoms with E-state index < -0.39 is 16.0 Å². The van der Waals surface area contributed by atoms with Gasteiger partial charge in [-0.1, -0.05) is 11.3 Å². The molecule has 0 spiro atoms. The fourth-order valence-corrected chi connectivity index (χ4v) is 4.76. The van der Waals surface area contributed by atoms with E-state index in [0.29, 0.717) is 15.9 Å². The van der Waals surface area contributed by atoms with Gasteiger partial charge >= 0.3 is 10.8 Å². The van der Waals surface area contributed by atoms with E-state index in [2.05, 4.69) is 9.71 Å². The van der Waals surface area contributed by atoms with Gasteiger partial charge < -0.3 is 10.1 Å². The molecule has 0 saturated heterocycles. The molecular formula is C12H8N2O5S3. The van der Waals surface area contributed by atoms with E-state index in [1.165, 1.54) is 11.4 Å². The van der Waals surface area contributed by atoms with Crippen LogP contribution in [0.5, 0.6) is 0 Å². The number of benzene rings is 1. The molecule has 0 atom stereocenters. The van der Waals surface area contributed by atoms with Crippen LogP contribution >= 0.6 is 22.7 Å². The molecule has 3 aromatic rings. The monoisotopic (exact) mass is 356 g/mol. The van der Waals surface area contributed by atoms with Crippen molar-refractivity contribution in [2.45, 2.75) is 4.21 Å². The number of thiophene rings is 1. The van der Waals surface area contributed by atoms with E-state index in [0.717, 1.165) is 28.7 Å². The van der Waals surface area contributed by atoms with Crippen molar-refractivity contribution >= 4 is 54.6 Å². The number of carboxylic acids is 1. The Morgan fingerprint density at radius 1 is 1.27 bits per heavy atom. The van der Waals surface area contributed by atoms with Crippen LogP contribution in [0.3, 0.4) is 0 Å². The number of anilines is 1. The number of H-pyrrole nitrogens is 1. The van der Waals surface area contributed by atoms with Crippen molar-refractivity contribution in [1.82, 2.24) is 4.98 Å². The maximum absolute atomic E-state index is 12.2. The number of hydrogen-bond donors (Lipinski definition) is 3. The normalized spacial score (nSPS) is 11.6. The first-order valence-corrected chi connectivity index (χ1v) is 9.00. The third-order valence-electron chi connectivity index (χ3n) is 2.76. The third kappa shape index (κ3) is 2.75. The molecule has 1 aromatic carbocycles. The SMILES string of the molecule is O=C(O)c1csc(S(=O)(=O)Nc2ccc3[nH]c(=O)sc3c2)c1. The summed E-state index contributed by atoms with van der Waals surface area (Å²) in [5.41, 5.74) is 0.847. The minimum atomic E-state index is -3.87. The molecule has 3 N–H and O–H groups in total. The van der Waals surface area contributed by atoms with Crippen LogP contribution in [0.2, 0.25) is 0 Å². The molecule has 0 fully saturated rings. The highest BCUT2D eigenvalue weighted by molar-refractivity contribution is 7.94. The topological polar surface area (TPSA) is 116 Å². The van der Waals surface area contributed by atoms with E-state index in [4.69, 9.17) is 5.11 Å². The summed E-state index contributed by atoms with van der Waals surface area (Å²) in [7, 11) is -3.87. The first-order chi connectivity index (χ1) is 10.3. The number of aromatic amines is 1. The average Bonchev–Trinajstić information content (AvgIpc) is 3.03. The van der Waals surface area contributed by atoms with Gasteiger partial charge in [-0.05, 0) is 24.3 Å². The molecule has 7 nitrogen and oxygen atoms in total. The molecular weight excluding hydrogens is 348 g/mol. The van der Waals surface area contributed by atoms with E-state index >= 15 is 0 Å². The van der Waals surface area contributed by atoms with Crippen molar-refractivity contribution in [3.05, 3.63) is 44.9 Å². The quantitative estimate of drug-likeness (QED) is 0.662. The Hall–Kier alpha value is -2.17. The standard InChI is InChI=1S/C12H8N2O5S3/c15-11(16)6-3-10(20-5-6)22(18,19)14-7-1-2-8-9(4-7)21-12(17)13-8/h1-5,14H,(H,13,17)(H,15,16). The summed E-state index contributed by atoms with van der Waals surface area (Å²) in [6.07, 6.45) is 0. The van der Waals surface area contributed by atoms with Gasteiger partial charge in [0.05, 0.1) is 21.5 Å². The van der Waals surface area contributed by atoms with Crippen molar-refractivity contribution in [2.75, 3.05) is 4.72 Å².